The Kier molecular flexibility index (Phi) is 5.65. The van der Waals surface area contributed by atoms with E-state index in [1.165, 1.54) is 6.92 Å². The standard InChI is InChI=1S/C22H20Br2O4/c1-21(2)18(14-6-10-16(24)11-7-14)28-20(27)22(3,19(21)26)12-17(25)13-4-8-15(23)9-5-13/h4-11,18H,12H2,1-3H3/t18-,22+/m1/s1. The van der Waals surface area contributed by atoms with Gasteiger partial charge in [0.15, 0.2) is 11.6 Å². The molecule has 1 saturated heterocycles. The number of cyclic esters (lactones) is 1. The Labute approximate surface area is 180 Å². The number of carbonyl (C=O) groups is 3. The van der Waals surface area contributed by atoms with Crippen molar-refractivity contribution >= 4 is 49.4 Å². The minimum Gasteiger partial charge on any atom is -0.456 e. The lowest BCUT2D eigenvalue weighted by Crippen LogP contribution is -2.54. The van der Waals surface area contributed by atoms with E-state index in [0.717, 1.165) is 14.5 Å². The number of ether oxygens (including phenoxy) is 1. The molecule has 28 heavy (non-hydrogen) atoms. The molecule has 0 bridgehead atoms. The molecule has 4 nitrogen and oxygen atoms in total. The fraction of sp³-hybridized carbons (Fsp3) is 0.318. The van der Waals surface area contributed by atoms with Gasteiger partial charge in [-0.25, -0.2) is 0 Å². The molecule has 146 valence electrons. The van der Waals surface area contributed by atoms with E-state index < -0.39 is 22.9 Å². The molecule has 1 fully saturated rings. The first-order valence-corrected chi connectivity index (χ1v) is 10.4. The van der Waals surface area contributed by atoms with Crippen LogP contribution in [0.25, 0.3) is 0 Å². The summed E-state index contributed by atoms with van der Waals surface area (Å²) in [6.07, 6.45) is -0.917. The molecular formula is C22H20Br2O4. The lowest BCUT2D eigenvalue weighted by Gasteiger charge is -2.44. The van der Waals surface area contributed by atoms with E-state index in [2.05, 4.69) is 31.9 Å². The molecule has 0 N–H and O–H groups in total. The summed E-state index contributed by atoms with van der Waals surface area (Å²) < 4.78 is 7.48. The van der Waals surface area contributed by atoms with Crippen molar-refractivity contribution in [1.82, 2.24) is 0 Å². The van der Waals surface area contributed by atoms with Gasteiger partial charge in [-0.2, -0.15) is 0 Å². The van der Waals surface area contributed by atoms with Crippen molar-refractivity contribution in [1.29, 1.82) is 0 Å². The molecule has 0 aromatic heterocycles. The molecule has 1 heterocycles. The van der Waals surface area contributed by atoms with Gasteiger partial charge < -0.3 is 4.74 Å². The number of benzene rings is 2. The summed E-state index contributed by atoms with van der Waals surface area (Å²) in [6, 6.07) is 14.2. The van der Waals surface area contributed by atoms with Gasteiger partial charge in [0.05, 0.1) is 5.41 Å². The minimum atomic E-state index is -1.51. The molecule has 2 aromatic carbocycles. The number of carbonyl (C=O) groups excluding carboxylic acids is 3. The fourth-order valence-corrected chi connectivity index (χ4v) is 4.17. The first-order valence-electron chi connectivity index (χ1n) is 8.86. The van der Waals surface area contributed by atoms with Crippen LogP contribution >= 0.6 is 31.9 Å². The van der Waals surface area contributed by atoms with Crippen molar-refractivity contribution in [2.24, 2.45) is 10.8 Å². The predicted molar refractivity (Wildman–Crippen MR) is 113 cm³/mol. The van der Waals surface area contributed by atoms with Crippen LogP contribution < -0.4 is 0 Å². The monoisotopic (exact) mass is 506 g/mol. The van der Waals surface area contributed by atoms with Crippen LogP contribution in [-0.4, -0.2) is 17.5 Å². The van der Waals surface area contributed by atoms with Gasteiger partial charge >= 0.3 is 5.97 Å². The third kappa shape index (κ3) is 3.72. The van der Waals surface area contributed by atoms with Gasteiger partial charge in [-0.05, 0) is 50.6 Å². The highest BCUT2D eigenvalue weighted by atomic mass is 79.9. The molecule has 0 unspecified atom stereocenters. The van der Waals surface area contributed by atoms with Crippen molar-refractivity contribution in [3.63, 3.8) is 0 Å². The molecule has 2 atom stereocenters. The van der Waals surface area contributed by atoms with Crippen molar-refractivity contribution in [3.8, 4) is 0 Å². The van der Waals surface area contributed by atoms with Crippen LogP contribution in [0.4, 0.5) is 0 Å². The van der Waals surface area contributed by atoms with Gasteiger partial charge in [0.1, 0.15) is 11.5 Å². The predicted octanol–water partition coefficient (Wildman–Crippen LogP) is 5.68. The molecule has 0 amide bonds. The number of ketones is 2. The number of rotatable bonds is 4. The second kappa shape index (κ2) is 7.56. The van der Waals surface area contributed by atoms with Crippen LogP contribution in [-0.2, 0) is 14.3 Å². The van der Waals surface area contributed by atoms with E-state index in [1.807, 2.05) is 24.3 Å². The van der Waals surface area contributed by atoms with E-state index in [4.69, 9.17) is 4.74 Å². The lowest BCUT2D eigenvalue weighted by molar-refractivity contribution is -0.187. The Hall–Kier alpha value is -1.79. The van der Waals surface area contributed by atoms with Crippen molar-refractivity contribution in [3.05, 3.63) is 68.6 Å². The number of hydrogen-bond acceptors (Lipinski definition) is 4. The highest BCUT2D eigenvalue weighted by Gasteiger charge is 2.58. The molecular weight excluding hydrogens is 488 g/mol. The summed E-state index contributed by atoms with van der Waals surface area (Å²) in [7, 11) is 0. The molecule has 1 aliphatic heterocycles. The van der Waals surface area contributed by atoms with E-state index in [0.29, 0.717) is 5.56 Å². The van der Waals surface area contributed by atoms with Crippen LogP contribution in [0.1, 0.15) is 49.2 Å². The molecule has 0 radical (unpaired) electrons. The van der Waals surface area contributed by atoms with E-state index in [-0.39, 0.29) is 18.0 Å². The Balaban J connectivity index is 1.90. The summed E-state index contributed by atoms with van der Waals surface area (Å²) in [5, 5.41) is 0. The first-order chi connectivity index (χ1) is 13.1. The molecule has 6 heteroatoms. The molecule has 2 aromatic rings. The summed E-state index contributed by atoms with van der Waals surface area (Å²) in [6.45, 7) is 5.03. The normalized spacial score (nSPS) is 24.0. The Morgan fingerprint density at radius 3 is 1.96 bits per heavy atom. The van der Waals surface area contributed by atoms with Gasteiger partial charge in [0.25, 0.3) is 0 Å². The zero-order chi connectivity index (χ0) is 20.7. The van der Waals surface area contributed by atoms with E-state index in [9.17, 15) is 14.4 Å². The van der Waals surface area contributed by atoms with Crippen LogP contribution in [0.15, 0.2) is 57.5 Å². The highest BCUT2D eigenvalue weighted by Crippen LogP contribution is 2.49. The van der Waals surface area contributed by atoms with Gasteiger partial charge in [0.2, 0.25) is 0 Å². The third-order valence-electron chi connectivity index (χ3n) is 5.27. The fourth-order valence-electron chi connectivity index (χ4n) is 3.64. The second-order valence-electron chi connectivity index (χ2n) is 7.83. The average Bonchev–Trinajstić information content (AvgIpc) is 2.65. The minimum absolute atomic E-state index is 0.219. The number of Topliss-reactive ketones (excluding diaryl/α,β-unsaturated/α-hetero) is 2. The zero-order valence-electron chi connectivity index (χ0n) is 15.8. The second-order valence-corrected chi connectivity index (χ2v) is 9.66. The number of esters is 1. The summed E-state index contributed by atoms with van der Waals surface area (Å²) in [4.78, 5) is 39.0. The maximum Gasteiger partial charge on any atom is 0.320 e. The maximum atomic E-state index is 13.4. The molecule has 3 rings (SSSR count). The Morgan fingerprint density at radius 2 is 1.43 bits per heavy atom. The summed E-state index contributed by atoms with van der Waals surface area (Å²) in [5.41, 5.74) is -1.27. The first kappa shape index (κ1) is 20.9. The molecule has 0 aliphatic carbocycles. The van der Waals surface area contributed by atoms with Crippen LogP contribution in [0.3, 0.4) is 0 Å². The Morgan fingerprint density at radius 1 is 0.929 bits per heavy atom. The largest absolute Gasteiger partial charge is 0.456 e. The van der Waals surface area contributed by atoms with Gasteiger partial charge in [-0.1, -0.05) is 56.1 Å². The molecule has 1 aliphatic rings. The topological polar surface area (TPSA) is 60.4 Å². The quantitative estimate of drug-likeness (QED) is 0.303. The number of halogens is 2. The zero-order valence-corrected chi connectivity index (χ0v) is 19.0. The lowest BCUT2D eigenvalue weighted by atomic mass is 9.64. The van der Waals surface area contributed by atoms with Crippen molar-refractivity contribution in [2.75, 3.05) is 0 Å². The van der Waals surface area contributed by atoms with Crippen molar-refractivity contribution < 1.29 is 19.1 Å². The Bertz CT molecular complexity index is 932. The van der Waals surface area contributed by atoms with Gasteiger partial charge in [-0.15, -0.1) is 0 Å². The third-order valence-corrected chi connectivity index (χ3v) is 6.33. The average molecular weight is 508 g/mol. The van der Waals surface area contributed by atoms with Gasteiger partial charge in [0, 0.05) is 20.9 Å². The summed E-state index contributed by atoms with van der Waals surface area (Å²) in [5.74, 6) is -1.21. The van der Waals surface area contributed by atoms with Crippen LogP contribution in [0.5, 0.6) is 0 Å². The van der Waals surface area contributed by atoms with Crippen LogP contribution in [0, 0.1) is 10.8 Å². The number of hydrogen-bond donors (Lipinski definition) is 0. The summed E-state index contributed by atoms with van der Waals surface area (Å²) >= 11 is 6.71. The SMILES string of the molecule is CC1(C)C(=O)[C@](C)(CC(=O)c2ccc(Br)cc2)C(=O)O[C@@H]1c1ccc(Br)cc1. The van der Waals surface area contributed by atoms with E-state index in [1.54, 1.807) is 38.1 Å². The highest BCUT2D eigenvalue weighted by molar-refractivity contribution is 9.10. The maximum absolute atomic E-state index is 13.4. The van der Waals surface area contributed by atoms with E-state index >= 15 is 0 Å². The molecule has 0 saturated carbocycles. The van der Waals surface area contributed by atoms with Crippen LogP contribution in [0.2, 0.25) is 0 Å². The van der Waals surface area contributed by atoms with Crippen molar-refractivity contribution in [2.45, 2.75) is 33.3 Å². The molecule has 0 spiro atoms. The van der Waals surface area contributed by atoms with Gasteiger partial charge in [-0.3, -0.25) is 14.4 Å². The smallest absolute Gasteiger partial charge is 0.320 e.